The lowest BCUT2D eigenvalue weighted by Gasteiger charge is -2.08. The highest BCUT2D eigenvalue weighted by atomic mass is 35.5. The van der Waals surface area contributed by atoms with E-state index in [1.54, 1.807) is 12.1 Å². The highest BCUT2D eigenvalue weighted by molar-refractivity contribution is 6.31. The number of aliphatic hydroxyl groups excluding tert-OH is 1. The van der Waals surface area contributed by atoms with E-state index in [1.165, 1.54) is 0 Å². The third-order valence-electron chi connectivity index (χ3n) is 2.74. The average Bonchev–Trinajstić information content (AvgIpc) is 2.82. The molecule has 90 valence electrons. The van der Waals surface area contributed by atoms with Gasteiger partial charge in [0, 0.05) is 10.6 Å². The summed E-state index contributed by atoms with van der Waals surface area (Å²) in [7, 11) is 0. The van der Waals surface area contributed by atoms with E-state index < -0.39 is 6.10 Å². The van der Waals surface area contributed by atoms with Gasteiger partial charge in [-0.1, -0.05) is 41.9 Å². The van der Waals surface area contributed by atoms with Gasteiger partial charge in [-0.25, -0.2) is 4.98 Å². The number of aromatic nitrogens is 1. The SMILES string of the molecule is OC(c1nc2ccccc2o1)c1ccccc1Cl. The molecular weight excluding hydrogens is 250 g/mol. The van der Waals surface area contributed by atoms with Crippen LogP contribution in [0.5, 0.6) is 0 Å². The predicted molar refractivity (Wildman–Crippen MR) is 69.5 cm³/mol. The molecule has 0 aliphatic carbocycles. The van der Waals surface area contributed by atoms with Crippen molar-refractivity contribution in [1.82, 2.24) is 4.98 Å². The van der Waals surface area contributed by atoms with E-state index in [0.717, 1.165) is 5.52 Å². The van der Waals surface area contributed by atoms with Crippen molar-refractivity contribution in [3.63, 3.8) is 0 Å². The molecule has 0 saturated carbocycles. The van der Waals surface area contributed by atoms with E-state index in [9.17, 15) is 5.11 Å². The number of nitrogens with zero attached hydrogens (tertiary/aromatic N) is 1. The van der Waals surface area contributed by atoms with Crippen molar-refractivity contribution in [2.75, 3.05) is 0 Å². The Kier molecular flexibility index (Phi) is 2.78. The van der Waals surface area contributed by atoms with Crippen molar-refractivity contribution in [3.8, 4) is 0 Å². The lowest BCUT2D eigenvalue weighted by Crippen LogP contribution is -2.00. The van der Waals surface area contributed by atoms with Gasteiger partial charge in [0.05, 0.1) is 0 Å². The summed E-state index contributed by atoms with van der Waals surface area (Å²) in [6.45, 7) is 0. The standard InChI is InChI=1S/C14H10ClNO2/c15-10-6-2-1-5-9(10)13(17)14-16-11-7-3-4-8-12(11)18-14/h1-8,13,17H. The highest BCUT2D eigenvalue weighted by Gasteiger charge is 2.19. The van der Waals surface area contributed by atoms with Crippen LogP contribution in [0, 0.1) is 0 Å². The zero-order valence-electron chi connectivity index (χ0n) is 9.38. The molecular formula is C14H10ClNO2. The second-order valence-corrected chi connectivity index (χ2v) is 4.35. The highest BCUT2D eigenvalue weighted by Crippen LogP contribution is 2.29. The molecule has 1 atom stereocenters. The molecule has 1 N–H and O–H groups in total. The van der Waals surface area contributed by atoms with E-state index in [-0.39, 0.29) is 5.89 Å². The molecule has 0 bridgehead atoms. The third kappa shape index (κ3) is 1.88. The quantitative estimate of drug-likeness (QED) is 0.765. The molecule has 0 saturated heterocycles. The summed E-state index contributed by atoms with van der Waals surface area (Å²) in [6.07, 6.45) is -0.953. The average molecular weight is 260 g/mol. The number of oxazole rings is 1. The fraction of sp³-hybridized carbons (Fsp3) is 0.0714. The van der Waals surface area contributed by atoms with E-state index in [2.05, 4.69) is 4.98 Å². The maximum Gasteiger partial charge on any atom is 0.229 e. The molecule has 1 heterocycles. The van der Waals surface area contributed by atoms with Crippen LogP contribution in [0.15, 0.2) is 52.9 Å². The molecule has 2 aromatic carbocycles. The van der Waals surface area contributed by atoms with Crippen LogP contribution < -0.4 is 0 Å². The number of hydrogen-bond acceptors (Lipinski definition) is 3. The van der Waals surface area contributed by atoms with E-state index >= 15 is 0 Å². The number of halogens is 1. The number of benzene rings is 2. The molecule has 0 aliphatic rings. The van der Waals surface area contributed by atoms with Crippen molar-refractivity contribution < 1.29 is 9.52 Å². The molecule has 3 aromatic rings. The lowest BCUT2D eigenvalue weighted by molar-refractivity contribution is 0.185. The third-order valence-corrected chi connectivity index (χ3v) is 3.09. The summed E-state index contributed by atoms with van der Waals surface area (Å²) in [5.74, 6) is 0.254. The number of fused-ring (bicyclic) bond motifs is 1. The van der Waals surface area contributed by atoms with Gasteiger partial charge in [0.1, 0.15) is 5.52 Å². The molecule has 0 fully saturated rings. The van der Waals surface area contributed by atoms with Crippen LogP contribution in [0.1, 0.15) is 17.6 Å². The van der Waals surface area contributed by atoms with E-state index in [1.807, 2.05) is 36.4 Å². The van der Waals surface area contributed by atoms with Crippen LogP contribution in [0.4, 0.5) is 0 Å². The summed E-state index contributed by atoms with van der Waals surface area (Å²) in [5, 5.41) is 10.7. The van der Waals surface area contributed by atoms with Crippen LogP contribution >= 0.6 is 11.6 Å². The van der Waals surface area contributed by atoms with Gasteiger partial charge >= 0.3 is 0 Å². The van der Waals surface area contributed by atoms with Crippen LogP contribution in [-0.4, -0.2) is 10.1 Å². The second-order valence-electron chi connectivity index (χ2n) is 3.94. The van der Waals surface area contributed by atoms with Gasteiger partial charge in [-0.2, -0.15) is 0 Å². The molecule has 0 amide bonds. The second kappa shape index (κ2) is 4.44. The Balaban J connectivity index is 2.07. The first-order chi connectivity index (χ1) is 8.75. The molecule has 3 nitrogen and oxygen atoms in total. The summed E-state index contributed by atoms with van der Waals surface area (Å²) >= 11 is 6.04. The van der Waals surface area contributed by atoms with Crippen LogP contribution in [0.2, 0.25) is 5.02 Å². The summed E-state index contributed by atoms with van der Waals surface area (Å²) < 4.78 is 5.52. The molecule has 0 aliphatic heterocycles. The molecule has 0 radical (unpaired) electrons. The van der Waals surface area contributed by atoms with Crippen molar-refractivity contribution in [1.29, 1.82) is 0 Å². The fourth-order valence-corrected chi connectivity index (χ4v) is 2.08. The number of aliphatic hydroxyl groups is 1. The Morgan fingerprint density at radius 1 is 1.06 bits per heavy atom. The lowest BCUT2D eigenvalue weighted by atomic mass is 10.1. The molecule has 3 rings (SSSR count). The van der Waals surface area contributed by atoms with E-state index in [4.69, 9.17) is 16.0 Å². The van der Waals surface area contributed by atoms with Gasteiger partial charge in [-0.05, 0) is 18.2 Å². The Morgan fingerprint density at radius 3 is 2.56 bits per heavy atom. The molecule has 18 heavy (non-hydrogen) atoms. The number of hydrogen-bond donors (Lipinski definition) is 1. The summed E-state index contributed by atoms with van der Waals surface area (Å²) in [6, 6.07) is 14.5. The molecule has 1 unspecified atom stereocenters. The van der Waals surface area contributed by atoms with Gasteiger partial charge in [0.15, 0.2) is 11.7 Å². The Hall–Kier alpha value is -1.84. The minimum atomic E-state index is -0.953. The minimum Gasteiger partial charge on any atom is -0.437 e. The zero-order valence-corrected chi connectivity index (χ0v) is 10.1. The molecule has 4 heteroatoms. The Morgan fingerprint density at radius 2 is 1.78 bits per heavy atom. The van der Waals surface area contributed by atoms with Gasteiger partial charge in [-0.15, -0.1) is 0 Å². The summed E-state index contributed by atoms with van der Waals surface area (Å²) in [4.78, 5) is 4.25. The minimum absolute atomic E-state index is 0.254. The van der Waals surface area contributed by atoms with E-state index in [0.29, 0.717) is 16.2 Å². The number of rotatable bonds is 2. The Labute approximate surface area is 109 Å². The van der Waals surface area contributed by atoms with Gasteiger partial charge < -0.3 is 9.52 Å². The normalized spacial score (nSPS) is 12.8. The first-order valence-electron chi connectivity index (χ1n) is 5.53. The monoisotopic (exact) mass is 259 g/mol. The Bertz CT molecular complexity index is 660. The zero-order chi connectivity index (χ0) is 12.5. The first-order valence-corrected chi connectivity index (χ1v) is 5.91. The van der Waals surface area contributed by atoms with Crippen molar-refractivity contribution in [2.24, 2.45) is 0 Å². The maximum absolute atomic E-state index is 10.2. The first kappa shape index (κ1) is 11.3. The van der Waals surface area contributed by atoms with Crippen LogP contribution in [0.25, 0.3) is 11.1 Å². The van der Waals surface area contributed by atoms with Crippen LogP contribution in [0.3, 0.4) is 0 Å². The predicted octanol–water partition coefficient (Wildman–Crippen LogP) is 3.56. The van der Waals surface area contributed by atoms with Gasteiger partial charge in [-0.3, -0.25) is 0 Å². The maximum atomic E-state index is 10.2. The van der Waals surface area contributed by atoms with Gasteiger partial charge in [0.2, 0.25) is 5.89 Å². The van der Waals surface area contributed by atoms with Crippen molar-refractivity contribution in [3.05, 3.63) is 65.0 Å². The topological polar surface area (TPSA) is 46.3 Å². The fourth-order valence-electron chi connectivity index (χ4n) is 1.84. The van der Waals surface area contributed by atoms with Crippen molar-refractivity contribution in [2.45, 2.75) is 6.10 Å². The largest absolute Gasteiger partial charge is 0.437 e. The molecule has 1 aromatic heterocycles. The number of para-hydroxylation sites is 2. The molecule has 0 spiro atoms. The smallest absolute Gasteiger partial charge is 0.229 e. The van der Waals surface area contributed by atoms with Gasteiger partial charge in [0.25, 0.3) is 0 Å². The summed E-state index contributed by atoms with van der Waals surface area (Å²) in [5.41, 5.74) is 1.96. The van der Waals surface area contributed by atoms with Crippen LogP contribution in [-0.2, 0) is 0 Å². The van der Waals surface area contributed by atoms with Crippen molar-refractivity contribution >= 4 is 22.7 Å².